The molecule has 2 aliphatic rings. The predicted molar refractivity (Wildman–Crippen MR) is 94.7 cm³/mol. The van der Waals surface area contributed by atoms with Crippen molar-refractivity contribution in [2.45, 2.75) is 38.5 Å². The molecule has 0 unspecified atom stereocenters. The number of nitrogens with zero attached hydrogens (tertiary/aromatic N) is 1. The maximum absolute atomic E-state index is 12.3. The summed E-state index contributed by atoms with van der Waals surface area (Å²) in [4.78, 5) is 14.8. The molecular weight excluding hydrogens is 302 g/mol. The highest BCUT2D eigenvalue weighted by Crippen LogP contribution is 2.18. The third-order valence-corrected chi connectivity index (χ3v) is 5.12. The van der Waals surface area contributed by atoms with Crippen LogP contribution >= 0.6 is 0 Å². The van der Waals surface area contributed by atoms with Gasteiger partial charge in [-0.25, -0.2) is 0 Å². The van der Waals surface area contributed by atoms with Crippen molar-refractivity contribution < 1.29 is 9.53 Å². The number of hydrogen-bond donors (Lipinski definition) is 2. The summed E-state index contributed by atoms with van der Waals surface area (Å²) in [7, 11) is 0. The second kappa shape index (κ2) is 8.60. The van der Waals surface area contributed by atoms with Crippen molar-refractivity contribution in [1.82, 2.24) is 15.5 Å². The van der Waals surface area contributed by atoms with Gasteiger partial charge >= 0.3 is 0 Å². The third kappa shape index (κ3) is 4.79. The Labute approximate surface area is 144 Å². The van der Waals surface area contributed by atoms with Crippen LogP contribution in [0.15, 0.2) is 30.3 Å². The number of rotatable bonds is 5. The van der Waals surface area contributed by atoms with E-state index >= 15 is 0 Å². The highest BCUT2D eigenvalue weighted by molar-refractivity contribution is 5.82. The Bertz CT molecular complexity index is 515. The van der Waals surface area contributed by atoms with Crippen LogP contribution in [0.25, 0.3) is 0 Å². The number of carbonyl (C=O) groups is 1. The van der Waals surface area contributed by atoms with E-state index in [1.807, 2.05) is 6.92 Å². The number of ether oxygens (including phenoxy) is 1. The second-order valence-corrected chi connectivity index (χ2v) is 6.96. The molecule has 0 saturated carbocycles. The van der Waals surface area contributed by atoms with Gasteiger partial charge in [0.2, 0.25) is 5.91 Å². The van der Waals surface area contributed by atoms with Crippen LogP contribution in [0, 0.1) is 5.92 Å². The van der Waals surface area contributed by atoms with Gasteiger partial charge in [0, 0.05) is 19.6 Å². The van der Waals surface area contributed by atoms with Gasteiger partial charge in [-0.2, -0.15) is 0 Å². The van der Waals surface area contributed by atoms with E-state index in [1.54, 1.807) is 0 Å². The summed E-state index contributed by atoms with van der Waals surface area (Å²) in [6, 6.07) is 10.4. The van der Waals surface area contributed by atoms with Crippen LogP contribution in [0.5, 0.6) is 0 Å². The average molecular weight is 331 g/mol. The topological polar surface area (TPSA) is 53.6 Å². The molecule has 0 radical (unpaired) electrons. The Morgan fingerprint density at radius 3 is 2.75 bits per heavy atom. The van der Waals surface area contributed by atoms with Crippen LogP contribution in [-0.4, -0.2) is 55.7 Å². The average Bonchev–Trinajstić information content (AvgIpc) is 2.62. The SMILES string of the molecule is C[C@H]1OCCN[C@@H]1C(=O)NCC1CCN(Cc2ccccc2)CC1. The molecule has 0 spiro atoms. The molecule has 24 heavy (non-hydrogen) atoms. The molecule has 0 aliphatic carbocycles. The first-order valence-corrected chi connectivity index (χ1v) is 9.11. The van der Waals surface area contributed by atoms with Crippen LogP contribution in [0.3, 0.4) is 0 Å². The predicted octanol–water partition coefficient (Wildman–Crippen LogP) is 1.39. The van der Waals surface area contributed by atoms with E-state index in [4.69, 9.17) is 4.74 Å². The first-order chi connectivity index (χ1) is 11.7. The number of piperidine rings is 1. The number of amides is 1. The summed E-state index contributed by atoms with van der Waals surface area (Å²) in [6.45, 7) is 7.42. The number of hydrogen-bond acceptors (Lipinski definition) is 4. The monoisotopic (exact) mass is 331 g/mol. The van der Waals surface area contributed by atoms with Crippen molar-refractivity contribution >= 4 is 5.91 Å². The Morgan fingerprint density at radius 2 is 2.04 bits per heavy atom. The lowest BCUT2D eigenvalue weighted by molar-refractivity contribution is -0.129. The highest BCUT2D eigenvalue weighted by atomic mass is 16.5. The number of benzene rings is 1. The molecule has 0 bridgehead atoms. The second-order valence-electron chi connectivity index (χ2n) is 6.96. The maximum atomic E-state index is 12.3. The summed E-state index contributed by atoms with van der Waals surface area (Å²) in [6.07, 6.45) is 2.25. The van der Waals surface area contributed by atoms with Crippen molar-refractivity contribution in [3.63, 3.8) is 0 Å². The van der Waals surface area contributed by atoms with Gasteiger partial charge in [0.15, 0.2) is 0 Å². The molecule has 5 heteroatoms. The minimum Gasteiger partial charge on any atom is -0.375 e. The minimum atomic E-state index is -0.211. The summed E-state index contributed by atoms with van der Waals surface area (Å²) in [5.41, 5.74) is 1.38. The van der Waals surface area contributed by atoms with Crippen LogP contribution < -0.4 is 10.6 Å². The molecule has 2 atom stereocenters. The zero-order chi connectivity index (χ0) is 16.8. The molecule has 1 aromatic rings. The molecule has 2 saturated heterocycles. The normalized spacial score (nSPS) is 26.2. The summed E-state index contributed by atoms with van der Waals surface area (Å²) in [5, 5.41) is 6.36. The van der Waals surface area contributed by atoms with Crippen molar-refractivity contribution in [2.75, 3.05) is 32.8 Å². The first kappa shape index (κ1) is 17.4. The largest absolute Gasteiger partial charge is 0.375 e. The van der Waals surface area contributed by atoms with E-state index in [0.29, 0.717) is 12.5 Å². The molecule has 2 heterocycles. The Morgan fingerprint density at radius 1 is 1.29 bits per heavy atom. The third-order valence-electron chi connectivity index (χ3n) is 5.12. The molecule has 2 aliphatic heterocycles. The van der Waals surface area contributed by atoms with E-state index in [1.165, 1.54) is 5.56 Å². The molecule has 2 fully saturated rings. The number of morpholine rings is 1. The lowest BCUT2D eigenvalue weighted by atomic mass is 9.96. The van der Waals surface area contributed by atoms with E-state index < -0.39 is 0 Å². The maximum Gasteiger partial charge on any atom is 0.239 e. The Kier molecular flexibility index (Phi) is 6.24. The van der Waals surface area contributed by atoms with Crippen LogP contribution in [0.1, 0.15) is 25.3 Å². The van der Waals surface area contributed by atoms with Gasteiger partial charge in [-0.1, -0.05) is 30.3 Å². The molecule has 2 N–H and O–H groups in total. The number of nitrogens with one attached hydrogen (secondary N) is 2. The van der Waals surface area contributed by atoms with Gasteiger partial charge in [-0.05, 0) is 44.3 Å². The van der Waals surface area contributed by atoms with Crippen molar-refractivity contribution in [1.29, 1.82) is 0 Å². The van der Waals surface area contributed by atoms with E-state index in [-0.39, 0.29) is 18.1 Å². The Balaban J connectivity index is 1.37. The molecule has 132 valence electrons. The van der Waals surface area contributed by atoms with E-state index in [2.05, 4.69) is 45.9 Å². The van der Waals surface area contributed by atoms with Gasteiger partial charge in [0.25, 0.3) is 0 Å². The quantitative estimate of drug-likeness (QED) is 0.856. The minimum absolute atomic E-state index is 0.0496. The van der Waals surface area contributed by atoms with Crippen LogP contribution in [0.2, 0.25) is 0 Å². The fourth-order valence-corrected chi connectivity index (χ4v) is 3.57. The van der Waals surface area contributed by atoms with Gasteiger partial charge in [0.1, 0.15) is 6.04 Å². The van der Waals surface area contributed by atoms with Gasteiger partial charge in [0.05, 0.1) is 12.7 Å². The van der Waals surface area contributed by atoms with Crippen molar-refractivity contribution in [2.24, 2.45) is 5.92 Å². The van der Waals surface area contributed by atoms with Crippen molar-refractivity contribution in [3.05, 3.63) is 35.9 Å². The van der Waals surface area contributed by atoms with E-state index in [9.17, 15) is 4.79 Å². The summed E-state index contributed by atoms with van der Waals surface area (Å²) >= 11 is 0. The van der Waals surface area contributed by atoms with Gasteiger partial charge in [-0.3, -0.25) is 9.69 Å². The lowest BCUT2D eigenvalue weighted by Gasteiger charge is -2.33. The summed E-state index contributed by atoms with van der Waals surface area (Å²) < 4.78 is 5.54. The molecular formula is C19H29N3O2. The molecule has 1 aromatic carbocycles. The van der Waals surface area contributed by atoms with Crippen LogP contribution in [0.4, 0.5) is 0 Å². The zero-order valence-corrected chi connectivity index (χ0v) is 14.5. The van der Waals surface area contributed by atoms with Crippen LogP contribution in [-0.2, 0) is 16.1 Å². The van der Waals surface area contributed by atoms with Gasteiger partial charge in [-0.15, -0.1) is 0 Å². The lowest BCUT2D eigenvalue weighted by Crippen LogP contribution is -2.56. The molecule has 0 aromatic heterocycles. The van der Waals surface area contributed by atoms with Crippen molar-refractivity contribution in [3.8, 4) is 0 Å². The number of likely N-dealkylation sites (tertiary alicyclic amines) is 1. The highest BCUT2D eigenvalue weighted by Gasteiger charge is 2.29. The molecule has 3 rings (SSSR count). The molecule has 5 nitrogen and oxygen atoms in total. The Hall–Kier alpha value is -1.43. The van der Waals surface area contributed by atoms with E-state index in [0.717, 1.165) is 45.6 Å². The fourth-order valence-electron chi connectivity index (χ4n) is 3.57. The standard InChI is InChI=1S/C19H29N3O2/c1-15-18(20-9-12-24-15)19(23)21-13-16-7-10-22(11-8-16)14-17-5-3-2-4-6-17/h2-6,15-16,18,20H,7-14H2,1H3,(H,21,23)/t15-,18+/m1/s1. The zero-order valence-electron chi connectivity index (χ0n) is 14.5. The van der Waals surface area contributed by atoms with Gasteiger partial charge < -0.3 is 15.4 Å². The summed E-state index contributed by atoms with van der Waals surface area (Å²) in [5.74, 6) is 0.662. The number of carbonyl (C=O) groups excluding carboxylic acids is 1. The fraction of sp³-hybridized carbons (Fsp3) is 0.632. The smallest absolute Gasteiger partial charge is 0.239 e. The molecule has 1 amide bonds. The first-order valence-electron chi connectivity index (χ1n) is 9.11.